The second-order valence-electron chi connectivity index (χ2n) is 6.88. The highest BCUT2D eigenvalue weighted by Gasteiger charge is 2.31. The molecule has 1 heterocycles. The molecule has 1 saturated heterocycles. The van der Waals surface area contributed by atoms with Gasteiger partial charge in [0.25, 0.3) is 0 Å². The minimum absolute atomic E-state index is 0.413. The predicted molar refractivity (Wildman–Crippen MR) is 88.8 cm³/mol. The normalized spacial score (nSPS) is 28.3. The number of nitrogens with two attached hydrogens (primary N) is 1. The van der Waals surface area contributed by atoms with Gasteiger partial charge in [-0.3, -0.25) is 0 Å². The number of nitrogens with one attached hydrogen (secondary N) is 1. The minimum Gasteiger partial charge on any atom is -0.385 e. The quantitative estimate of drug-likeness (QED) is 0.800. The Morgan fingerprint density at radius 3 is 2.36 bits per heavy atom. The van der Waals surface area contributed by atoms with E-state index in [1.807, 2.05) is 12.1 Å². The summed E-state index contributed by atoms with van der Waals surface area (Å²) in [6, 6.07) is 8.67. The summed E-state index contributed by atoms with van der Waals surface area (Å²) < 4.78 is 5.34. The van der Waals surface area contributed by atoms with Crippen molar-refractivity contribution in [3.8, 4) is 0 Å². The van der Waals surface area contributed by atoms with E-state index in [-0.39, 0.29) is 0 Å². The van der Waals surface area contributed by atoms with E-state index in [2.05, 4.69) is 17.4 Å². The van der Waals surface area contributed by atoms with Gasteiger partial charge in [0.2, 0.25) is 0 Å². The molecule has 0 unspecified atom stereocenters. The molecule has 0 bridgehead atoms. The van der Waals surface area contributed by atoms with E-state index < -0.39 is 5.60 Å². The molecule has 3 rings (SSSR count). The second kappa shape index (κ2) is 6.99. The monoisotopic (exact) mass is 304 g/mol. The van der Waals surface area contributed by atoms with Gasteiger partial charge in [-0.25, -0.2) is 0 Å². The maximum Gasteiger partial charge on any atom is 0.0940 e. The molecule has 4 heteroatoms. The molecule has 22 heavy (non-hydrogen) atoms. The van der Waals surface area contributed by atoms with Crippen LogP contribution in [-0.4, -0.2) is 30.9 Å². The molecule has 0 atom stereocenters. The van der Waals surface area contributed by atoms with Crippen molar-refractivity contribution in [1.82, 2.24) is 0 Å². The van der Waals surface area contributed by atoms with E-state index in [0.29, 0.717) is 32.1 Å². The van der Waals surface area contributed by atoms with Crippen LogP contribution in [0.5, 0.6) is 0 Å². The number of aliphatic hydroxyl groups is 1. The van der Waals surface area contributed by atoms with Gasteiger partial charge in [0.05, 0.1) is 5.60 Å². The third kappa shape index (κ3) is 3.80. The fourth-order valence-corrected chi connectivity index (χ4v) is 3.55. The van der Waals surface area contributed by atoms with Crippen LogP contribution >= 0.6 is 0 Å². The van der Waals surface area contributed by atoms with Crippen LogP contribution in [0.3, 0.4) is 0 Å². The van der Waals surface area contributed by atoms with Gasteiger partial charge < -0.3 is 20.9 Å². The number of rotatable bonds is 4. The summed E-state index contributed by atoms with van der Waals surface area (Å²) in [4.78, 5) is 0. The molecule has 0 aromatic heterocycles. The third-order valence-corrected chi connectivity index (χ3v) is 5.23. The summed E-state index contributed by atoms with van der Waals surface area (Å²) in [6.45, 7) is 2.30. The van der Waals surface area contributed by atoms with E-state index in [0.717, 1.165) is 36.6 Å². The Labute approximate surface area is 133 Å². The van der Waals surface area contributed by atoms with Gasteiger partial charge in [-0.05, 0) is 49.3 Å². The van der Waals surface area contributed by atoms with Crippen molar-refractivity contribution in [2.45, 2.75) is 50.2 Å². The average Bonchev–Trinajstić information content (AvgIpc) is 2.55. The van der Waals surface area contributed by atoms with Crippen LogP contribution in [0.25, 0.3) is 0 Å². The van der Waals surface area contributed by atoms with Gasteiger partial charge in [-0.1, -0.05) is 12.1 Å². The van der Waals surface area contributed by atoms with Crippen molar-refractivity contribution in [2.75, 3.05) is 25.1 Å². The predicted octanol–water partition coefficient (Wildman–Crippen LogP) is 2.61. The molecule has 2 fully saturated rings. The van der Waals surface area contributed by atoms with Crippen LogP contribution in [0, 0.1) is 5.92 Å². The Morgan fingerprint density at radius 1 is 1.09 bits per heavy atom. The third-order valence-electron chi connectivity index (χ3n) is 5.23. The first-order valence-corrected chi connectivity index (χ1v) is 8.56. The standard InChI is InChI=1S/C18H28N2O2/c19-16-5-1-14(2-6-16)13-20-17-7-3-15(4-8-17)18(21)9-11-22-12-10-18/h3-4,7-8,14,16,20-21H,1-2,5-6,9-13,19H2. The zero-order chi connectivity index (χ0) is 15.4. The number of ether oxygens (including phenoxy) is 1. The van der Waals surface area contributed by atoms with Crippen LogP contribution < -0.4 is 11.1 Å². The molecule has 1 aliphatic heterocycles. The molecule has 2 aliphatic rings. The van der Waals surface area contributed by atoms with Gasteiger partial charge in [-0.2, -0.15) is 0 Å². The lowest BCUT2D eigenvalue weighted by atomic mass is 9.86. The second-order valence-corrected chi connectivity index (χ2v) is 6.88. The molecule has 1 saturated carbocycles. The Hall–Kier alpha value is -1.10. The lowest BCUT2D eigenvalue weighted by Crippen LogP contribution is -2.33. The zero-order valence-electron chi connectivity index (χ0n) is 13.3. The van der Waals surface area contributed by atoms with Crippen LogP contribution in [-0.2, 0) is 10.3 Å². The summed E-state index contributed by atoms with van der Waals surface area (Å²) in [5.74, 6) is 0.735. The molecule has 1 aromatic rings. The van der Waals surface area contributed by atoms with Gasteiger partial charge in [0.1, 0.15) is 0 Å². The molecule has 4 N–H and O–H groups in total. The maximum atomic E-state index is 10.7. The SMILES string of the molecule is NC1CCC(CNc2ccc(C3(O)CCOCC3)cc2)CC1. The molecule has 4 nitrogen and oxygen atoms in total. The van der Waals surface area contributed by atoms with Gasteiger partial charge in [0.15, 0.2) is 0 Å². The Bertz CT molecular complexity index is 460. The van der Waals surface area contributed by atoms with Crippen molar-refractivity contribution in [3.05, 3.63) is 29.8 Å². The number of anilines is 1. The fraction of sp³-hybridized carbons (Fsp3) is 0.667. The highest BCUT2D eigenvalue weighted by atomic mass is 16.5. The van der Waals surface area contributed by atoms with Crippen molar-refractivity contribution in [3.63, 3.8) is 0 Å². The van der Waals surface area contributed by atoms with Crippen LogP contribution in [0.1, 0.15) is 44.1 Å². The summed E-state index contributed by atoms with van der Waals surface area (Å²) in [5.41, 5.74) is 7.38. The molecule has 1 aromatic carbocycles. The summed E-state index contributed by atoms with van der Waals surface area (Å²) in [7, 11) is 0. The zero-order valence-corrected chi connectivity index (χ0v) is 13.3. The summed E-state index contributed by atoms with van der Waals surface area (Å²) in [6.07, 6.45) is 6.13. The lowest BCUT2D eigenvalue weighted by molar-refractivity contribution is -0.0679. The summed E-state index contributed by atoms with van der Waals surface area (Å²) in [5, 5.41) is 14.2. The molecular formula is C18H28N2O2. The largest absolute Gasteiger partial charge is 0.385 e. The summed E-state index contributed by atoms with van der Waals surface area (Å²) >= 11 is 0. The Balaban J connectivity index is 1.53. The first kappa shape index (κ1) is 15.8. The smallest absolute Gasteiger partial charge is 0.0940 e. The van der Waals surface area contributed by atoms with Crippen molar-refractivity contribution >= 4 is 5.69 Å². The van der Waals surface area contributed by atoms with E-state index in [1.54, 1.807) is 0 Å². The molecule has 0 radical (unpaired) electrons. The number of hydrogen-bond acceptors (Lipinski definition) is 4. The maximum absolute atomic E-state index is 10.7. The highest BCUT2D eigenvalue weighted by molar-refractivity contribution is 5.45. The van der Waals surface area contributed by atoms with Gasteiger partial charge in [-0.15, -0.1) is 0 Å². The topological polar surface area (TPSA) is 67.5 Å². The minimum atomic E-state index is -0.712. The van der Waals surface area contributed by atoms with E-state index >= 15 is 0 Å². The molecule has 1 aliphatic carbocycles. The fourth-order valence-electron chi connectivity index (χ4n) is 3.55. The molecule has 0 spiro atoms. The molecular weight excluding hydrogens is 276 g/mol. The average molecular weight is 304 g/mol. The van der Waals surface area contributed by atoms with Crippen LogP contribution in [0.4, 0.5) is 5.69 Å². The highest BCUT2D eigenvalue weighted by Crippen LogP contribution is 2.32. The van der Waals surface area contributed by atoms with Crippen LogP contribution in [0.15, 0.2) is 24.3 Å². The number of benzene rings is 1. The molecule has 122 valence electrons. The Kier molecular flexibility index (Phi) is 5.01. The van der Waals surface area contributed by atoms with Crippen molar-refractivity contribution in [1.29, 1.82) is 0 Å². The number of hydrogen-bond donors (Lipinski definition) is 3. The van der Waals surface area contributed by atoms with E-state index in [4.69, 9.17) is 10.5 Å². The Morgan fingerprint density at radius 2 is 1.73 bits per heavy atom. The van der Waals surface area contributed by atoms with E-state index in [9.17, 15) is 5.11 Å². The lowest BCUT2D eigenvalue weighted by Gasteiger charge is -2.32. The van der Waals surface area contributed by atoms with Crippen LogP contribution in [0.2, 0.25) is 0 Å². The van der Waals surface area contributed by atoms with Gasteiger partial charge >= 0.3 is 0 Å². The first-order valence-electron chi connectivity index (χ1n) is 8.56. The molecule has 0 amide bonds. The van der Waals surface area contributed by atoms with E-state index in [1.165, 1.54) is 12.8 Å². The van der Waals surface area contributed by atoms with Gasteiger partial charge in [0, 0.05) is 44.3 Å². The van der Waals surface area contributed by atoms with Crippen molar-refractivity contribution < 1.29 is 9.84 Å². The van der Waals surface area contributed by atoms with Crippen molar-refractivity contribution in [2.24, 2.45) is 11.7 Å². The first-order chi connectivity index (χ1) is 10.7.